The predicted molar refractivity (Wildman–Crippen MR) is 76.3 cm³/mol. The Balaban J connectivity index is 2.38. The first-order valence-corrected chi connectivity index (χ1v) is 7.23. The summed E-state index contributed by atoms with van der Waals surface area (Å²) in [5, 5.41) is 8.18. The molecule has 96 valence electrons. The molecular weight excluding hydrogens is 300 g/mol. The van der Waals surface area contributed by atoms with Crippen molar-refractivity contribution in [1.82, 2.24) is 10.6 Å². The Hall–Kier alpha value is -0.390. The molecule has 1 aromatic rings. The lowest BCUT2D eigenvalue weighted by Gasteiger charge is -2.21. The first-order chi connectivity index (χ1) is 7.78. The van der Waals surface area contributed by atoms with Crippen LogP contribution in [0.15, 0.2) is 15.9 Å². The van der Waals surface area contributed by atoms with Gasteiger partial charge in [-0.25, -0.2) is 0 Å². The second-order valence-corrected chi connectivity index (χ2v) is 6.93. The third kappa shape index (κ3) is 5.66. The van der Waals surface area contributed by atoms with E-state index in [0.29, 0.717) is 6.54 Å². The fourth-order valence-electron chi connectivity index (χ4n) is 1.36. The van der Waals surface area contributed by atoms with E-state index in [1.54, 1.807) is 11.3 Å². The summed E-state index contributed by atoms with van der Waals surface area (Å²) in [6.45, 7) is 8.33. The Labute approximate surface area is 115 Å². The number of thiophene rings is 1. The number of hydrogen-bond acceptors (Lipinski definition) is 3. The monoisotopic (exact) mass is 318 g/mol. The maximum Gasteiger partial charge on any atom is 0.234 e. The van der Waals surface area contributed by atoms with Crippen LogP contribution in [-0.2, 0) is 4.79 Å². The van der Waals surface area contributed by atoms with E-state index < -0.39 is 0 Å². The van der Waals surface area contributed by atoms with Gasteiger partial charge in [0.1, 0.15) is 0 Å². The molecule has 0 saturated heterocycles. The smallest absolute Gasteiger partial charge is 0.234 e. The molecule has 1 amide bonds. The molecule has 0 saturated carbocycles. The Morgan fingerprint density at radius 3 is 2.65 bits per heavy atom. The molecule has 0 spiro atoms. The van der Waals surface area contributed by atoms with Gasteiger partial charge >= 0.3 is 0 Å². The third-order valence-corrected chi connectivity index (χ3v) is 3.97. The summed E-state index contributed by atoms with van der Waals surface area (Å²) in [5.74, 6) is 0.0278. The molecule has 0 radical (unpaired) electrons. The van der Waals surface area contributed by atoms with Crippen molar-refractivity contribution < 1.29 is 4.79 Å². The van der Waals surface area contributed by atoms with Crippen molar-refractivity contribution in [3.63, 3.8) is 0 Å². The molecule has 0 aromatic carbocycles. The van der Waals surface area contributed by atoms with Crippen molar-refractivity contribution in [2.75, 3.05) is 6.54 Å². The van der Waals surface area contributed by atoms with Crippen molar-refractivity contribution in [3.05, 3.63) is 20.8 Å². The zero-order valence-electron chi connectivity index (χ0n) is 10.6. The van der Waals surface area contributed by atoms with E-state index in [4.69, 9.17) is 0 Å². The fraction of sp³-hybridized carbons (Fsp3) is 0.583. The Morgan fingerprint density at radius 1 is 1.53 bits per heavy atom. The number of nitrogens with one attached hydrogen (secondary N) is 2. The van der Waals surface area contributed by atoms with Crippen molar-refractivity contribution in [2.24, 2.45) is 0 Å². The highest BCUT2D eigenvalue weighted by molar-refractivity contribution is 9.10. The van der Waals surface area contributed by atoms with Crippen LogP contribution < -0.4 is 10.6 Å². The highest BCUT2D eigenvalue weighted by Crippen LogP contribution is 2.25. The molecule has 1 heterocycles. The first-order valence-electron chi connectivity index (χ1n) is 5.56. The molecule has 0 bridgehead atoms. The van der Waals surface area contributed by atoms with Crippen LogP contribution in [0, 0.1) is 0 Å². The minimum atomic E-state index is -0.173. The van der Waals surface area contributed by atoms with E-state index in [0.717, 1.165) is 4.47 Å². The van der Waals surface area contributed by atoms with Crippen LogP contribution in [0.1, 0.15) is 38.6 Å². The zero-order valence-corrected chi connectivity index (χ0v) is 13.0. The van der Waals surface area contributed by atoms with Crippen LogP contribution in [-0.4, -0.2) is 18.0 Å². The lowest BCUT2D eigenvalue weighted by molar-refractivity contribution is -0.121. The maximum absolute atomic E-state index is 11.6. The summed E-state index contributed by atoms with van der Waals surface area (Å²) in [6.07, 6.45) is 0. The van der Waals surface area contributed by atoms with Crippen LogP contribution in [0.3, 0.4) is 0 Å². The van der Waals surface area contributed by atoms with Crippen molar-refractivity contribution >= 4 is 33.2 Å². The number of amides is 1. The van der Waals surface area contributed by atoms with Gasteiger partial charge in [0, 0.05) is 26.3 Å². The van der Waals surface area contributed by atoms with Gasteiger partial charge in [-0.1, -0.05) is 0 Å². The second kappa shape index (κ2) is 5.98. The lowest BCUT2D eigenvalue weighted by Crippen LogP contribution is -2.45. The van der Waals surface area contributed by atoms with E-state index in [9.17, 15) is 4.79 Å². The van der Waals surface area contributed by atoms with Gasteiger partial charge in [-0.05, 0) is 49.7 Å². The zero-order chi connectivity index (χ0) is 13.1. The van der Waals surface area contributed by atoms with Gasteiger partial charge < -0.3 is 10.6 Å². The van der Waals surface area contributed by atoms with Crippen LogP contribution >= 0.6 is 27.3 Å². The SMILES string of the molecule is CC(NCC(=O)NC(C)(C)C)c1cc(Br)cs1. The van der Waals surface area contributed by atoms with Gasteiger partial charge in [-0.15, -0.1) is 11.3 Å². The van der Waals surface area contributed by atoms with Gasteiger partial charge in [0.2, 0.25) is 5.91 Å². The van der Waals surface area contributed by atoms with Gasteiger partial charge in [-0.2, -0.15) is 0 Å². The van der Waals surface area contributed by atoms with Crippen LogP contribution in [0.5, 0.6) is 0 Å². The molecule has 0 aliphatic carbocycles. The number of carbonyl (C=O) groups is 1. The third-order valence-electron chi connectivity index (χ3n) is 2.10. The van der Waals surface area contributed by atoms with E-state index in [1.807, 2.05) is 26.2 Å². The Morgan fingerprint density at radius 2 is 2.18 bits per heavy atom. The average molecular weight is 319 g/mol. The van der Waals surface area contributed by atoms with Gasteiger partial charge in [-0.3, -0.25) is 4.79 Å². The van der Waals surface area contributed by atoms with Gasteiger partial charge in [0.05, 0.1) is 6.54 Å². The lowest BCUT2D eigenvalue weighted by atomic mass is 10.1. The fourth-order valence-corrected chi connectivity index (χ4v) is 2.84. The van der Waals surface area contributed by atoms with E-state index in [1.165, 1.54) is 4.88 Å². The quantitative estimate of drug-likeness (QED) is 0.895. The molecular formula is C12H19BrN2OS. The largest absolute Gasteiger partial charge is 0.350 e. The molecule has 1 rings (SSSR count). The van der Waals surface area contributed by atoms with Crippen LogP contribution in [0.2, 0.25) is 0 Å². The van der Waals surface area contributed by atoms with Crippen molar-refractivity contribution in [2.45, 2.75) is 39.3 Å². The molecule has 1 atom stereocenters. The summed E-state index contributed by atoms with van der Waals surface area (Å²) < 4.78 is 1.09. The number of rotatable bonds is 4. The van der Waals surface area contributed by atoms with E-state index >= 15 is 0 Å². The van der Waals surface area contributed by atoms with Crippen LogP contribution in [0.4, 0.5) is 0 Å². The van der Waals surface area contributed by atoms with Crippen LogP contribution in [0.25, 0.3) is 0 Å². The number of carbonyl (C=O) groups excluding carboxylic acids is 1. The highest BCUT2D eigenvalue weighted by atomic mass is 79.9. The standard InChI is InChI=1S/C12H19BrN2OS/c1-8(10-5-9(13)7-17-10)14-6-11(16)15-12(2,3)4/h5,7-8,14H,6H2,1-4H3,(H,15,16). The predicted octanol–water partition coefficient (Wildman–Crippen LogP) is 3.08. The van der Waals surface area contributed by atoms with Gasteiger partial charge in [0.25, 0.3) is 0 Å². The number of halogens is 1. The second-order valence-electron chi connectivity index (χ2n) is 5.07. The molecule has 17 heavy (non-hydrogen) atoms. The molecule has 0 fully saturated rings. The summed E-state index contributed by atoms with van der Waals surface area (Å²) in [5.41, 5.74) is -0.173. The number of hydrogen-bond donors (Lipinski definition) is 2. The maximum atomic E-state index is 11.6. The Bertz CT molecular complexity index is 384. The molecule has 1 unspecified atom stereocenters. The molecule has 0 aliphatic heterocycles. The normalized spacial score (nSPS) is 13.5. The van der Waals surface area contributed by atoms with E-state index in [2.05, 4.69) is 39.6 Å². The highest BCUT2D eigenvalue weighted by Gasteiger charge is 2.15. The van der Waals surface area contributed by atoms with E-state index in [-0.39, 0.29) is 17.5 Å². The summed E-state index contributed by atoms with van der Waals surface area (Å²) in [7, 11) is 0. The molecule has 5 heteroatoms. The van der Waals surface area contributed by atoms with Crippen molar-refractivity contribution in [1.29, 1.82) is 0 Å². The minimum Gasteiger partial charge on any atom is -0.350 e. The Kier molecular flexibility index (Phi) is 5.16. The summed E-state index contributed by atoms with van der Waals surface area (Å²) >= 11 is 5.10. The van der Waals surface area contributed by atoms with Crippen molar-refractivity contribution in [3.8, 4) is 0 Å². The average Bonchev–Trinajstić information content (AvgIpc) is 2.58. The first kappa shape index (κ1) is 14.7. The topological polar surface area (TPSA) is 41.1 Å². The summed E-state index contributed by atoms with van der Waals surface area (Å²) in [4.78, 5) is 12.8. The molecule has 1 aromatic heterocycles. The molecule has 0 aliphatic rings. The van der Waals surface area contributed by atoms with Gasteiger partial charge in [0.15, 0.2) is 0 Å². The molecule has 3 nitrogen and oxygen atoms in total. The minimum absolute atomic E-state index is 0.0278. The molecule has 2 N–H and O–H groups in total. The summed E-state index contributed by atoms with van der Waals surface area (Å²) in [6, 6.07) is 2.27.